The second kappa shape index (κ2) is 7.96. The van der Waals surface area contributed by atoms with Gasteiger partial charge < -0.3 is 14.3 Å². The van der Waals surface area contributed by atoms with Crippen molar-refractivity contribution in [3.8, 4) is 11.8 Å². The maximum Gasteiger partial charge on any atom is 0.195 e. The molecule has 0 saturated carbocycles. The van der Waals surface area contributed by atoms with Gasteiger partial charge in [0.2, 0.25) is 0 Å². The Hall–Kier alpha value is -2.79. The number of nitrogens with zero attached hydrogens (tertiary/aromatic N) is 2. The van der Waals surface area contributed by atoms with Crippen LogP contribution in [0.5, 0.6) is 5.75 Å². The van der Waals surface area contributed by atoms with Crippen LogP contribution in [0.3, 0.4) is 0 Å². The minimum Gasteiger partial charge on any atom is -0.616 e. The Kier molecular flexibility index (Phi) is 5.25. The van der Waals surface area contributed by atoms with Crippen LogP contribution in [0.2, 0.25) is 0 Å². The number of hydrogen-bond donors (Lipinski definition) is 1. The minimum atomic E-state index is -0.676. The molecule has 2 heterocycles. The Bertz CT molecular complexity index is 1250. The van der Waals surface area contributed by atoms with E-state index < -0.39 is 16.6 Å². The number of nitriles is 1. The molecule has 0 spiro atoms. The molecule has 164 valence electrons. The molecule has 2 aromatic carbocycles. The second-order valence-corrected chi connectivity index (χ2v) is 10.6. The SMILES string of the molecule is CC1(C)c2cc(OCCN3CC[S+]([O-])CC3)ccc2C(=O)c2c1[nH]c1cc(C#N)ccc21. The normalized spacial score (nSPS) is 18.2. The first kappa shape index (κ1) is 21.1. The van der Waals surface area contributed by atoms with Crippen LogP contribution >= 0.6 is 0 Å². The van der Waals surface area contributed by atoms with Crippen molar-refractivity contribution in [3.05, 3.63) is 64.3 Å². The summed E-state index contributed by atoms with van der Waals surface area (Å²) in [5, 5.41) is 10.1. The Morgan fingerprint density at radius 2 is 2.00 bits per heavy atom. The third kappa shape index (κ3) is 3.49. The van der Waals surface area contributed by atoms with Gasteiger partial charge in [-0.1, -0.05) is 31.1 Å². The number of hydrogen-bond acceptors (Lipinski definition) is 5. The predicted octanol–water partition coefficient (Wildman–Crippen LogP) is 3.35. The van der Waals surface area contributed by atoms with E-state index in [-0.39, 0.29) is 5.78 Å². The summed E-state index contributed by atoms with van der Waals surface area (Å²) in [5.41, 5.74) is 4.15. The fraction of sp³-hybridized carbons (Fsp3) is 0.360. The van der Waals surface area contributed by atoms with Gasteiger partial charge in [-0.25, -0.2) is 0 Å². The highest BCUT2D eigenvalue weighted by Gasteiger charge is 2.39. The van der Waals surface area contributed by atoms with Gasteiger partial charge in [0.25, 0.3) is 0 Å². The number of aromatic nitrogens is 1. The monoisotopic (exact) mass is 447 g/mol. The zero-order valence-electron chi connectivity index (χ0n) is 18.2. The molecule has 1 aromatic heterocycles. The molecule has 32 heavy (non-hydrogen) atoms. The van der Waals surface area contributed by atoms with E-state index in [1.165, 1.54) is 0 Å². The van der Waals surface area contributed by atoms with Gasteiger partial charge in [0, 0.05) is 47.2 Å². The quantitative estimate of drug-likeness (QED) is 0.619. The van der Waals surface area contributed by atoms with Crippen LogP contribution in [-0.4, -0.2) is 58.0 Å². The molecule has 0 unspecified atom stereocenters. The van der Waals surface area contributed by atoms with Gasteiger partial charge >= 0.3 is 0 Å². The second-order valence-electron chi connectivity index (χ2n) is 8.95. The van der Waals surface area contributed by atoms with Crippen molar-refractivity contribution in [2.75, 3.05) is 37.7 Å². The number of benzene rings is 2. The summed E-state index contributed by atoms with van der Waals surface area (Å²) in [6.07, 6.45) is 0. The van der Waals surface area contributed by atoms with E-state index in [2.05, 4.69) is 29.8 Å². The third-order valence-corrected chi connectivity index (χ3v) is 7.91. The molecule has 0 bridgehead atoms. The third-order valence-electron chi connectivity index (χ3n) is 6.64. The van der Waals surface area contributed by atoms with E-state index in [9.17, 15) is 14.6 Å². The zero-order chi connectivity index (χ0) is 22.5. The fourth-order valence-corrected chi connectivity index (χ4v) is 5.89. The first-order chi connectivity index (χ1) is 15.4. The van der Waals surface area contributed by atoms with Crippen LogP contribution in [0.4, 0.5) is 0 Å². The molecule has 1 saturated heterocycles. The molecular formula is C25H25N3O3S. The predicted molar refractivity (Wildman–Crippen MR) is 125 cm³/mol. The van der Waals surface area contributed by atoms with Crippen molar-refractivity contribution in [1.82, 2.24) is 9.88 Å². The summed E-state index contributed by atoms with van der Waals surface area (Å²) in [6.45, 7) is 7.25. The van der Waals surface area contributed by atoms with Gasteiger partial charge in [-0.05, 0) is 35.9 Å². The topological polar surface area (TPSA) is 92.2 Å². The average Bonchev–Trinajstić information content (AvgIpc) is 3.19. The molecule has 6 nitrogen and oxygen atoms in total. The summed E-state index contributed by atoms with van der Waals surface area (Å²) in [7, 11) is 0. The lowest BCUT2D eigenvalue weighted by Gasteiger charge is -2.32. The Labute approximate surface area is 190 Å². The number of carbonyl (C=O) groups is 1. The Balaban J connectivity index is 1.42. The molecule has 1 aliphatic heterocycles. The molecule has 0 radical (unpaired) electrons. The molecule has 5 rings (SSSR count). The first-order valence-corrected chi connectivity index (χ1v) is 12.3. The number of aromatic amines is 1. The number of ether oxygens (including phenoxy) is 1. The van der Waals surface area contributed by atoms with Crippen LogP contribution < -0.4 is 4.74 Å². The highest BCUT2D eigenvalue weighted by Crippen LogP contribution is 2.44. The molecule has 3 aromatic rings. The maximum absolute atomic E-state index is 13.4. The van der Waals surface area contributed by atoms with Crippen LogP contribution in [0, 0.1) is 11.3 Å². The minimum absolute atomic E-state index is 0.00171. The highest BCUT2D eigenvalue weighted by molar-refractivity contribution is 7.91. The van der Waals surface area contributed by atoms with Crippen molar-refractivity contribution in [2.45, 2.75) is 19.3 Å². The Morgan fingerprint density at radius 1 is 1.22 bits per heavy atom. The number of H-pyrrole nitrogens is 1. The van der Waals surface area contributed by atoms with Crippen LogP contribution in [0.25, 0.3) is 10.9 Å². The molecular weight excluding hydrogens is 422 g/mol. The van der Waals surface area contributed by atoms with Crippen LogP contribution in [0.15, 0.2) is 36.4 Å². The lowest BCUT2D eigenvalue weighted by atomic mass is 9.71. The van der Waals surface area contributed by atoms with Crippen molar-refractivity contribution >= 4 is 27.9 Å². The van der Waals surface area contributed by atoms with Gasteiger partial charge in [0.05, 0.1) is 17.2 Å². The largest absolute Gasteiger partial charge is 0.616 e. The van der Waals surface area contributed by atoms with Crippen molar-refractivity contribution in [3.63, 3.8) is 0 Å². The zero-order valence-corrected chi connectivity index (χ0v) is 19.1. The van der Waals surface area contributed by atoms with E-state index in [1.807, 2.05) is 24.3 Å². The fourth-order valence-electron chi connectivity index (χ4n) is 4.76. The lowest BCUT2D eigenvalue weighted by Crippen LogP contribution is -2.42. The van der Waals surface area contributed by atoms with Crippen molar-refractivity contribution in [2.24, 2.45) is 0 Å². The van der Waals surface area contributed by atoms with Crippen LogP contribution in [-0.2, 0) is 16.6 Å². The van der Waals surface area contributed by atoms with Gasteiger partial charge in [-0.2, -0.15) is 5.26 Å². The summed E-state index contributed by atoms with van der Waals surface area (Å²) in [4.78, 5) is 19.1. The van der Waals surface area contributed by atoms with E-state index in [4.69, 9.17) is 4.74 Å². The van der Waals surface area contributed by atoms with E-state index in [1.54, 1.807) is 12.1 Å². The average molecular weight is 448 g/mol. The van der Waals surface area contributed by atoms with Gasteiger partial charge in [-0.15, -0.1) is 0 Å². The number of ketones is 1. The Morgan fingerprint density at radius 3 is 2.75 bits per heavy atom. The smallest absolute Gasteiger partial charge is 0.195 e. The standard InChI is InChI=1S/C25H25N3O3S/c1-25(2)20-14-17(31-10-7-28-8-11-32(30)12-9-28)4-6-18(20)23(29)22-19-5-3-16(15-26)13-21(19)27-24(22)25/h3-6,13-14,27H,7-12H2,1-2H3. The maximum atomic E-state index is 13.4. The van der Waals surface area contributed by atoms with E-state index in [0.717, 1.165) is 59.0 Å². The molecule has 1 aliphatic carbocycles. The summed E-state index contributed by atoms with van der Waals surface area (Å²) < 4.78 is 17.5. The highest BCUT2D eigenvalue weighted by atomic mass is 32.2. The summed E-state index contributed by atoms with van der Waals surface area (Å²) >= 11 is -0.676. The van der Waals surface area contributed by atoms with Crippen molar-refractivity contribution < 1.29 is 14.1 Å². The van der Waals surface area contributed by atoms with Gasteiger partial charge in [0.15, 0.2) is 5.78 Å². The van der Waals surface area contributed by atoms with Crippen molar-refractivity contribution in [1.29, 1.82) is 5.26 Å². The molecule has 7 heteroatoms. The number of fused-ring (bicyclic) bond motifs is 4. The van der Waals surface area contributed by atoms with Gasteiger partial charge in [-0.3, -0.25) is 9.69 Å². The number of nitrogens with one attached hydrogen (secondary N) is 1. The summed E-state index contributed by atoms with van der Waals surface area (Å²) in [5.74, 6) is 2.21. The molecule has 1 fully saturated rings. The first-order valence-electron chi connectivity index (χ1n) is 10.8. The van der Waals surface area contributed by atoms with E-state index >= 15 is 0 Å². The van der Waals surface area contributed by atoms with Gasteiger partial charge in [0.1, 0.15) is 23.9 Å². The molecule has 1 N–H and O–H groups in total. The molecule has 2 aliphatic rings. The summed E-state index contributed by atoms with van der Waals surface area (Å²) in [6, 6.07) is 13.3. The molecule has 0 atom stereocenters. The lowest BCUT2D eigenvalue weighted by molar-refractivity contribution is 0.103. The van der Waals surface area contributed by atoms with Crippen LogP contribution in [0.1, 0.15) is 46.6 Å². The number of rotatable bonds is 4. The van der Waals surface area contributed by atoms with E-state index in [0.29, 0.717) is 23.3 Å². The number of carbonyl (C=O) groups excluding carboxylic acids is 1. The molecule has 0 amide bonds.